The van der Waals surface area contributed by atoms with E-state index in [9.17, 15) is 19.5 Å². The first-order chi connectivity index (χ1) is 8.88. The van der Waals surface area contributed by atoms with Crippen molar-refractivity contribution in [1.82, 2.24) is 4.31 Å². The van der Waals surface area contributed by atoms with E-state index >= 15 is 0 Å². The minimum Gasteiger partial charge on any atom is -0.550 e. The van der Waals surface area contributed by atoms with Crippen LogP contribution in [0.15, 0.2) is 0 Å². The Kier molecular flexibility index (Phi) is 6.15. The van der Waals surface area contributed by atoms with Crippen LogP contribution in [0.5, 0.6) is 0 Å². The molecule has 2 fully saturated rings. The minimum absolute atomic E-state index is 0. The molecule has 1 N–H and O–H groups in total. The van der Waals surface area contributed by atoms with Crippen LogP contribution in [0.4, 0.5) is 0 Å². The Balaban J connectivity index is 0.000000436. The topological polar surface area (TPSA) is 97.7 Å². The van der Waals surface area contributed by atoms with Crippen LogP contribution in [-0.4, -0.2) is 44.8 Å². The van der Waals surface area contributed by atoms with Crippen LogP contribution in [0.2, 0.25) is 0 Å². The molecule has 122 valence electrons. The van der Waals surface area contributed by atoms with Crippen molar-refractivity contribution in [2.45, 2.75) is 40.7 Å². The van der Waals surface area contributed by atoms with Crippen molar-refractivity contribution in [2.24, 2.45) is 10.8 Å². The molecule has 8 heteroatoms. The van der Waals surface area contributed by atoms with Crippen LogP contribution in [0.1, 0.15) is 34.6 Å². The first-order valence-electron chi connectivity index (χ1n) is 6.32. The van der Waals surface area contributed by atoms with E-state index in [-0.39, 0.29) is 34.8 Å². The third-order valence-corrected chi connectivity index (χ3v) is 5.80. The molecular weight excluding hydrogens is 318 g/mol. The molecule has 0 aromatic heterocycles. The van der Waals surface area contributed by atoms with E-state index in [1.165, 1.54) is 0 Å². The van der Waals surface area contributed by atoms with E-state index in [0.717, 1.165) is 5.75 Å². The Morgan fingerprint density at radius 3 is 2.05 bits per heavy atom. The Labute approximate surface area is 133 Å². The number of fused-ring (bicyclic) bond motifs is 1. The molecule has 0 aromatic rings. The van der Waals surface area contributed by atoms with Gasteiger partial charge in [-0.2, -0.15) is 0 Å². The molecule has 0 saturated carbocycles. The van der Waals surface area contributed by atoms with Gasteiger partial charge in [-0.15, -0.1) is 16.7 Å². The van der Waals surface area contributed by atoms with E-state index in [1.54, 1.807) is 25.1 Å². The van der Waals surface area contributed by atoms with Gasteiger partial charge in [-0.3, -0.25) is 4.79 Å². The number of amides is 1. The highest BCUT2D eigenvalue weighted by Crippen LogP contribution is 2.43. The Morgan fingerprint density at radius 2 is 1.81 bits per heavy atom. The van der Waals surface area contributed by atoms with E-state index < -0.39 is 23.4 Å². The summed E-state index contributed by atoms with van der Waals surface area (Å²) in [4.78, 5) is 32.1. The predicted molar refractivity (Wildman–Crippen MR) is 80.9 cm³/mol. The maximum atomic E-state index is 11.2. The molecule has 2 saturated heterocycles. The zero-order chi connectivity index (χ0) is 15.9. The smallest absolute Gasteiger partial charge is 0.332 e. The van der Waals surface area contributed by atoms with Gasteiger partial charge in [-0.05, 0) is 0 Å². The molecule has 6 nitrogen and oxygen atoms in total. The van der Waals surface area contributed by atoms with Crippen molar-refractivity contribution < 1.29 is 24.6 Å². The molecule has 2 unspecified atom stereocenters. The number of carbonyl (C=O) groups excluding carboxylic acids is 2. The van der Waals surface area contributed by atoms with Crippen LogP contribution in [0.25, 0.3) is 0 Å². The van der Waals surface area contributed by atoms with Gasteiger partial charge in [-0.1, -0.05) is 34.6 Å². The van der Waals surface area contributed by atoms with Gasteiger partial charge in [0.05, 0.1) is 0 Å². The standard InChI is InChI=1S/C8H11NO3S.C5H10O2.ClH/c1-8(2)4-13-3-5(10)9(13)6(8)7(11)12;1-5(2,3)4(6)7;/h6H,3-4H2,1-2H3;1-3H3,(H,6,7);1H. The SMILES string of the molecule is CC(C)(C)C(=O)[O-].CC1(C)C[S+]2CC(=O)N2C1C(=O)O.Cl. The lowest BCUT2D eigenvalue weighted by Gasteiger charge is -2.27. The summed E-state index contributed by atoms with van der Waals surface area (Å²) < 4.78 is 1.56. The number of nitrogens with zero attached hydrogens (tertiary/aromatic N) is 1. The van der Waals surface area contributed by atoms with Crippen molar-refractivity contribution in [3.63, 3.8) is 0 Å². The zero-order valence-electron chi connectivity index (χ0n) is 12.8. The van der Waals surface area contributed by atoms with E-state index in [4.69, 9.17) is 5.11 Å². The molecule has 21 heavy (non-hydrogen) atoms. The quantitative estimate of drug-likeness (QED) is 0.681. The van der Waals surface area contributed by atoms with E-state index in [2.05, 4.69) is 0 Å². The van der Waals surface area contributed by atoms with Gasteiger partial charge in [0.2, 0.25) is 5.75 Å². The molecule has 0 spiro atoms. The number of carboxylic acids is 2. The normalized spacial score (nSPS) is 25.8. The van der Waals surface area contributed by atoms with Gasteiger partial charge < -0.3 is 15.0 Å². The van der Waals surface area contributed by atoms with E-state index in [0.29, 0.717) is 5.75 Å². The lowest BCUT2D eigenvalue weighted by molar-refractivity contribution is -0.316. The Bertz CT molecular complexity index is 446. The summed E-state index contributed by atoms with van der Waals surface area (Å²) in [6, 6.07) is -0.600. The second-order valence-electron chi connectivity index (χ2n) is 6.74. The molecule has 0 aliphatic carbocycles. The average molecular weight is 340 g/mol. The third kappa shape index (κ3) is 4.26. The van der Waals surface area contributed by atoms with Crippen LogP contribution in [-0.2, 0) is 25.5 Å². The predicted octanol–water partition coefficient (Wildman–Crippen LogP) is 0.0591. The largest absolute Gasteiger partial charge is 0.550 e. The van der Waals surface area contributed by atoms with Crippen molar-refractivity contribution in [1.29, 1.82) is 0 Å². The summed E-state index contributed by atoms with van der Waals surface area (Å²) in [6.45, 7) is 8.64. The lowest BCUT2D eigenvalue weighted by Crippen LogP contribution is -2.56. The molecule has 1 amide bonds. The van der Waals surface area contributed by atoms with Crippen molar-refractivity contribution in [3.05, 3.63) is 0 Å². The second-order valence-corrected chi connectivity index (χ2v) is 8.63. The summed E-state index contributed by atoms with van der Waals surface area (Å²) in [5, 5.41) is 18.9. The summed E-state index contributed by atoms with van der Waals surface area (Å²) in [5.41, 5.74) is -0.957. The number of hydrogen-bond acceptors (Lipinski definition) is 4. The number of carboxylic acid groups (broad SMARTS) is 2. The molecule has 2 aliphatic rings. The molecule has 0 bridgehead atoms. The van der Waals surface area contributed by atoms with Gasteiger partial charge in [-0.25, -0.2) is 4.79 Å². The van der Waals surface area contributed by atoms with Crippen LogP contribution >= 0.6 is 12.4 Å². The molecule has 0 aromatic carbocycles. The highest BCUT2D eigenvalue weighted by Gasteiger charge is 2.66. The number of rotatable bonds is 1. The zero-order valence-corrected chi connectivity index (χ0v) is 14.5. The number of carbonyl (C=O) groups is 3. The summed E-state index contributed by atoms with van der Waals surface area (Å²) in [5.74, 6) is -0.468. The summed E-state index contributed by atoms with van der Waals surface area (Å²) in [6.07, 6.45) is 0. The Morgan fingerprint density at radius 1 is 1.38 bits per heavy atom. The van der Waals surface area contributed by atoms with Gasteiger partial charge in [0.25, 0.3) is 0 Å². The number of aliphatic carboxylic acids is 2. The molecule has 2 atom stereocenters. The second kappa shape index (κ2) is 6.44. The maximum absolute atomic E-state index is 11.2. The van der Waals surface area contributed by atoms with Crippen LogP contribution < -0.4 is 5.11 Å². The molecule has 0 radical (unpaired) electrons. The average Bonchev–Trinajstić information content (AvgIpc) is 2.45. The van der Waals surface area contributed by atoms with E-state index in [1.807, 2.05) is 13.8 Å². The monoisotopic (exact) mass is 339 g/mol. The minimum atomic E-state index is -1.01. The lowest BCUT2D eigenvalue weighted by atomic mass is 9.87. The first kappa shape index (κ1) is 20.1. The summed E-state index contributed by atoms with van der Waals surface area (Å²) >= 11 is -0.0843. The summed E-state index contributed by atoms with van der Waals surface area (Å²) in [7, 11) is 0. The highest BCUT2D eigenvalue weighted by molar-refractivity contribution is 7.98. The molecule has 2 rings (SSSR count). The van der Waals surface area contributed by atoms with Crippen LogP contribution in [0, 0.1) is 10.8 Å². The fourth-order valence-corrected chi connectivity index (χ4v) is 4.66. The van der Waals surface area contributed by atoms with Gasteiger partial charge in [0.1, 0.15) is 16.8 Å². The number of hydrogen-bond donors (Lipinski definition) is 1. The highest BCUT2D eigenvalue weighted by atomic mass is 35.5. The molecular formula is C13H22ClNO5S. The third-order valence-electron chi connectivity index (χ3n) is 3.17. The van der Waals surface area contributed by atoms with Gasteiger partial charge in [0, 0.05) is 16.8 Å². The molecule has 2 heterocycles. The Hall–Kier alpha value is -0.950. The van der Waals surface area contributed by atoms with Gasteiger partial charge >= 0.3 is 11.9 Å². The van der Waals surface area contributed by atoms with Crippen molar-refractivity contribution in [2.75, 3.05) is 11.5 Å². The maximum Gasteiger partial charge on any atom is 0.332 e. The van der Waals surface area contributed by atoms with Crippen LogP contribution in [0.3, 0.4) is 0 Å². The number of halogens is 1. The fourth-order valence-electron chi connectivity index (χ4n) is 2.03. The van der Waals surface area contributed by atoms with Gasteiger partial charge in [0.15, 0.2) is 6.04 Å². The fraction of sp³-hybridized carbons (Fsp3) is 0.769. The molecule has 2 aliphatic heterocycles. The first-order valence-corrected chi connectivity index (χ1v) is 7.84. The van der Waals surface area contributed by atoms with Crippen molar-refractivity contribution in [3.8, 4) is 0 Å². The van der Waals surface area contributed by atoms with Crippen molar-refractivity contribution >= 4 is 41.3 Å².